The minimum atomic E-state index is -0.247. The van der Waals surface area contributed by atoms with Crippen LogP contribution in [0.15, 0.2) is 30.5 Å². The van der Waals surface area contributed by atoms with Gasteiger partial charge in [-0.2, -0.15) is 5.10 Å². The molecule has 0 radical (unpaired) electrons. The van der Waals surface area contributed by atoms with E-state index in [-0.39, 0.29) is 5.91 Å². The van der Waals surface area contributed by atoms with Gasteiger partial charge in [0, 0.05) is 6.54 Å². The molecule has 2 rings (SSSR count). The maximum atomic E-state index is 11.8. The summed E-state index contributed by atoms with van der Waals surface area (Å²) in [6, 6.07) is 8.20. The van der Waals surface area contributed by atoms with Gasteiger partial charge in [0.1, 0.15) is 5.69 Å². The molecule has 0 saturated heterocycles. The van der Waals surface area contributed by atoms with Crippen molar-refractivity contribution in [2.75, 3.05) is 5.73 Å². The van der Waals surface area contributed by atoms with Gasteiger partial charge in [0.05, 0.1) is 11.9 Å². The van der Waals surface area contributed by atoms with E-state index in [1.807, 2.05) is 12.1 Å². The molecular weight excluding hydrogens is 240 g/mol. The van der Waals surface area contributed by atoms with Crippen LogP contribution in [0.25, 0.3) is 0 Å². The zero-order chi connectivity index (χ0) is 13.8. The molecule has 0 atom stereocenters. The third kappa shape index (κ3) is 3.13. The Bertz CT molecular complexity index is 557. The predicted octanol–water partition coefficient (Wildman–Crippen LogP) is 2.05. The number of nitrogens with two attached hydrogens (primary N) is 1. The van der Waals surface area contributed by atoms with Crippen molar-refractivity contribution in [1.82, 2.24) is 15.5 Å². The maximum absolute atomic E-state index is 11.8. The van der Waals surface area contributed by atoms with Crippen molar-refractivity contribution in [3.05, 3.63) is 47.3 Å². The van der Waals surface area contributed by atoms with E-state index >= 15 is 0 Å². The van der Waals surface area contributed by atoms with E-state index in [0.29, 0.717) is 23.8 Å². The van der Waals surface area contributed by atoms with Crippen LogP contribution in [-0.4, -0.2) is 16.1 Å². The molecule has 1 amide bonds. The molecule has 0 aliphatic heterocycles. The van der Waals surface area contributed by atoms with Crippen molar-refractivity contribution in [3.63, 3.8) is 0 Å². The third-order valence-electron chi connectivity index (χ3n) is 3.00. The lowest BCUT2D eigenvalue weighted by molar-refractivity contribution is 0.0947. The molecule has 0 bridgehead atoms. The number of amides is 1. The van der Waals surface area contributed by atoms with E-state index in [0.717, 1.165) is 5.56 Å². The van der Waals surface area contributed by atoms with Gasteiger partial charge in [0.25, 0.3) is 5.91 Å². The number of hydrogen-bond donors (Lipinski definition) is 3. The lowest BCUT2D eigenvalue weighted by Gasteiger charge is -2.08. The summed E-state index contributed by atoms with van der Waals surface area (Å²) in [5.74, 6) is 0.261. The number of carbonyl (C=O) groups excluding carboxylic acids is 1. The molecule has 0 aliphatic carbocycles. The number of nitrogens with one attached hydrogen (secondary N) is 2. The fourth-order valence-electron chi connectivity index (χ4n) is 1.77. The fourth-order valence-corrected chi connectivity index (χ4v) is 1.77. The van der Waals surface area contributed by atoms with Crippen molar-refractivity contribution in [2.24, 2.45) is 0 Å². The molecule has 0 aliphatic rings. The van der Waals surface area contributed by atoms with Crippen LogP contribution in [0.1, 0.15) is 41.4 Å². The number of nitrogen functional groups attached to an aromatic ring is 1. The molecule has 100 valence electrons. The normalized spacial score (nSPS) is 10.7. The summed E-state index contributed by atoms with van der Waals surface area (Å²) >= 11 is 0. The Kier molecular flexibility index (Phi) is 3.85. The molecule has 0 saturated carbocycles. The van der Waals surface area contributed by atoms with Crippen molar-refractivity contribution >= 4 is 11.6 Å². The van der Waals surface area contributed by atoms with Crippen molar-refractivity contribution < 1.29 is 4.79 Å². The fraction of sp³-hybridized carbons (Fsp3) is 0.286. The first kappa shape index (κ1) is 13.1. The third-order valence-corrected chi connectivity index (χ3v) is 3.00. The topological polar surface area (TPSA) is 83.8 Å². The van der Waals surface area contributed by atoms with Gasteiger partial charge in [-0.05, 0) is 17.0 Å². The number of anilines is 1. The molecule has 1 heterocycles. The SMILES string of the molecule is CC(C)c1ccc(CNC(=O)c2[nH]ncc2N)cc1. The first-order chi connectivity index (χ1) is 9.08. The van der Waals surface area contributed by atoms with Crippen LogP contribution in [0.2, 0.25) is 0 Å². The van der Waals surface area contributed by atoms with Crippen LogP contribution in [0.3, 0.4) is 0 Å². The molecule has 19 heavy (non-hydrogen) atoms. The summed E-state index contributed by atoms with van der Waals surface area (Å²) in [5.41, 5.74) is 8.60. The Labute approximate surface area is 112 Å². The standard InChI is InChI=1S/C14H18N4O/c1-9(2)11-5-3-10(4-6-11)7-16-14(19)13-12(15)8-17-18-13/h3-6,8-9H,7,15H2,1-2H3,(H,16,19)(H,17,18). The summed E-state index contributed by atoms with van der Waals surface area (Å²) in [4.78, 5) is 11.8. The molecule has 0 unspecified atom stereocenters. The summed E-state index contributed by atoms with van der Waals surface area (Å²) < 4.78 is 0. The monoisotopic (exact) mass is 258 g/mol. The number of rotatable bonds is 4. The summed E-state index contributed by atoms with van der Waals surface area (Å²) in [6.07, 6.45) is 1.42. The number of H-pyrrole nitrogens is 1. The lowest BCUT2D eigenvalue weighted by atomic mass is 10.0. The van der Waals surface area contributed by atoms with Crippen LogP contribution < -0.4 is 11.1 Å². The van der Waals surface area contributed by atoms with Crippen molar-refractivity contribution in [1.29, 1.82) is 0 Å². The van der Waals surface area contributed by atoms with Gasteiger partial charge in [0.15, 0.2) is 0 Å². The van der Waals surface area contributed by atoms with Crippen LogP contribution in [0, 0.1) is 0 Å². The smallest absolute Gasteiger partial charge is 0.271 e. The van der Waals surface area contributed by atoms with Gasteiger partial charge in [0.2, 0.25) is 0 Å². The minimum absolute atomic E-state index is 0.247. The van der Waals surface area contributed by atoms with E-state index in [2.05, 4.69) is 41.5 Å². The van der Waals surface area contributed by atoms with Crippen molar-refractivity contribution in [2.45, 2.75) is 26.3 Å². The van der Waals surface area contributed by atoms with Crippen LogP contribution in [0.4, 0.5) is 5.69 Å². The molecule has 5 nitrogen and oxygen atoms in total. The van der Waals surface area contributed by atoms with Gasteiger partial charge >= 0.3 is 0 Å². The van der Waals surface area contributed by atoms with Gasteiger partial charge in [-0.15, -0.1) is 0 Å². The Balaban J connectivity index is 1.95. The molecule has 2 aromatic rings. The van der Waals surface area contributed by atoms with E-state index in [4.69, 9.17) is 5.73 Å². The second-order valence-electron chi connectivity index (χ2n) is 4.78. The summed E-state index contributed by atoms with van der Waals surface area (Å²) in [6.45, 7) is 4.77. The molecule has 1 aromatic heterocycles. The number of aromatic amines is 1. The maximum Gasteiger partial charge on any atom is 0.271 e. The van der Waals surface area contributed by atoms with Gasteiger partial charge in [-0.1, -0.05) is 38.1 Å². The first-order valence-corrected chi connectivity index (χ1v) is 6.24. The quantitative estimate of drug-likeness (QED) is 0.784. The minimum Gasteiger partial charge on any atom is -0.396 e. The lowest BCUT2D eigenvalue weighted by Crippen LogP contribution is -2.24. The van der Waals surface area contributed by atoms with Crippen molar-refractivity contribution in [3.8, 4) is 0 Å². The number of carbonyl (C=O) groups is 1. The summed E-state index contributed by atoms with van der Waals surface area (Å²) in [7, 11) is 0. The van der Waals surface area contributed by atoms with E-state index in [1.54, 1.807) is 0 Å². The first-order valence-electron chi connectivity index (χ1n) is 6.24. The van der Waals surface area contributed by atoms with Crippen LogP contribution >= 0.6 is 0 Å². The zero-order valence-corrected chi connectivity index (χ0v) is 11.1. The van der Waals surface area contributed by atoms with E-state index < -0.39 is 0 Å². The second kappa shape index (κ2) is 5.56. The predicted molar refractivity (Wildman–Crippen MR) is 74.7 cm³/mol. The highest BCUT2D eigenvalue weighted by Gasteiger charge is 2.10. The number of benzene rings is 1. The molecule has 5 heteroatoms. The van der Waals surface area contributed by atoms with E-state index in [1.165, 1.54) is 11.8 Å². The molecule has 0 fully saturated rings. The highest BCUT2D eigenvalue weighted by atomic mass is 16.1. The highest BCUT2D eigenvalue weighted by Crippen LogP contribution is 2.14. The summed E-state index contributed by atoms with van der Waals surface area (Å²) in [5, 5.41) is 9.10. The van der Waals surface area contributed by atoms with E-state index in [9.17, 15) is 4.79 Å². The Hall–Kier alpha value is -2.30. The molecule has 4 N–H and O–H groups in total. The number of nitrogens with zero attached hydrogens (tertiary/aromatic N) is 1. The molecular formula is C14H18N4O. The van der Waals surface area contributed by atoms with Crippen LogP contribution in [-0.2, 0) is 6.54 Å². The average molecular weight is 258 g/mol. The zero-order valence-electron chi connectivity index (χ0n) is 11.1. The van der Waals surface area contributed by atoms with Crippen LogP contribution in [0.5, 0.6) is 0 Å². The second-order valence-corrected chi connectivity index (χ2v) is 4.78. The molecule has 0 spiro atoms. The largest absolute Gasteiger partial charge is 0.396 e. The number of aromatic nitrogens is 2. The van der Waals surface area contributed by atoms with Gasteiger partial charge in [-0.25, -0.2) is 0 Å². The number of hydrogen-bond acceptors (Lipinski definition) is 3. The Morgan fingerprint density at radius 3 is 2.58 bits per heavy atom. The highest BCUT2D eigenvalue weighted by molar-refractivity contribution is 5.96. The Morgan fingerprint density at radius 2 is 2.05 bits per heavy atom. The Morgan fingerprint density at radius 1 is 1.37 bits per heavy atom. The molecule has 1 aromatic carbocycles. The van der Waals surface area contributed by atoms with Gasteiger partial charge in [-0.3, -0.25) is 9.89 Å². The van der Waals surface area contributed by atoms with Gasteiger partial charge < -0.3 is 11.1 Å². The average Bonchev–Trinajstić information content (AvgIpc) is 2.83.